The molecule has 0 spiro atoms. The van der Waals surface area contributed by atoms with Crippen molar-refractivity contribution in [2.75, 3.05) is 13.3 Å². The molecule has 0 bridgehead atoms. The number of carboxylic acid groups (broad SMARTS) is 1. The minimum absolute atomic E-state index is 0.124. The molecular formula is C13H16N2O5. The highest BCUT2D eigenvalue weighted by atomic mass is 16.7. The van der Waals surface area contributed by atoms with Gasteiger partial charge < -0.3 is 25.2 Å². The van der Waals surface area contributed by atoms with Crippen molar-refractivity contribution in [1.29, 1.82) is 0 Å². The van der Waals surface area contributed by atoms with E-state index in [4.69, 9.17) is 14.6 Å². The molecule has 3 N–H and O–H groups in total. The third kappa shape index (κ3) is 3.39. The summed E-state index contributed by atoms with van der Waals surface area (Å²) in [6, 6.07) is 4.56. The predicted molar refractivity (Wildman–Crippen MR) is 69.5 cm³/mol. The van der Waals surface area contributed by atoms with E-state index in [1.165, 1.54) is 6.92 Å². The van der Waals surface area contributed by atoms with Gasteiger partial charge in [0.15, 0.2) is 11.5 Å². The van der Waals surface area contributed by atoms with Gasteiger partial charge >= 0.3 is 5.97 Å². The number of amides is 1. The van der Waals surface area contributed by atoms with Crippen molar-refractivity contribution in [3.63, 3.8) is 0 Å². The number of carbonyl (C=O) groups is 2. The summed E-state index contributed by atoms with van der Waals surface area (Å²) in [5, 5.41) is 14.3. The average molecular weight is 280 g/mol. The van der Waals surface area contributed by atoms with Gasteiger partial charge in [0.1, 0.15) is 6.04 Å². The van der Waals surface area contributed by atoms with E-state index < -0.39 is 12.0 Å². The highest BCUT2D eigenvalue weighted by Gasteiger charge is 2.19. The molecule has 1 amide bonds. The van der Waals surface area contributed by atoms with Crippen LogP contribution in [0.3, 0.4) is 0 Å². The molecule has 2 rings (SSSR count). The molecule has 1 unspecified atom stereocenters. The first-order valence-electron chi connectivity index (χ1n) is 6.16. The Hall–Kier alpha value is -2.28. The van der Waals surface area contributed by atoms with Crippen molar-refractivity contribution in [3.8, 4) is 11.5 Å². The topological polar surface area (TPSA) is 96.9 Å². The van der Waals surface area contributed by atoms with Gasteiger partial charge in [0, 0.05) is 25.6 Å². The van der Waals surface area contributed by atoms with Crippen LogP contribution in [0.2, 0.25) is 0 Å². The number of nitrogens with one attached hydrogen (secondary N) is 2. The molecular weight excluding hydrogens is 264 g/mol. The first-order chi connectivity index (χ1) is 9.58. The van der Waals surface area contributed by atoms with Crippen LogP contribution < -0.4 is 20.1 Å². The fourth-order valence-electron chi connectivity index (χ4n) is 1.93. The van der Waals surface area contributed by atoms with Gasteiger partial charge in [0.25, 0.3) is 0 Å². The van der Waals surface area contributed by atoms with E-state index in [2.05, 4.69) is 10.6 Å². The normalized spacial score (nSPS) is 13.8. The van der Waals surface area contributed by atoms with Gasteiger partial charge in [-0.05, 0) is 6.07 Å². The lowest BCUT2D eigenvalue weighted by atomic mass is 10.2. The number of carbonyl (C=O) groups excluding carboxylic acids is 1. The van der Waals surface area contributed by atoms with Crippen LogP contribution >= 0.6 is 0 Å². The second-order valence-electron chi connectivity index (χ2n) is 4.37. The Morgan fingerprint density at radius 1 is 1.40 bits per heavy atom. The monoisotopic (exact) mass is 280 g/mol. The summed E-state index contributed by atoms with van der Waals surface area (Å²) in [4.78, 5) is 21.9. The SMILES string of the molecule is CC(=O)NC(CNCc1cccc2c1OCO2)C(=O)O. The Morgan fingerprint density at radius 2 is 2.20 bits per heavy atom. The van der Waals surface area contributed by atoms with Gasteiger partial charge in [-0.25, -0.2) is 4.79 Å². The van der Waals surface area contributed by atoms with Gasteiger partial charge in [0.2, 0.25) is 12.7 Å². The Kier molecular flexibility index (Phi) is 4.41. The van der Waals surface area contributed by atoms with Crippen molar-refractivity contribution in [2.45, 2.75) is 19.5 Å². The van der Waals surface area contributed by atoms with E-state index in [0.29, 0.717) is 18.0 Å². The molecule has 20 heavy (non-hydrogen) atoms. The largest absolute Gasteiger partial charge is 0.480 e. The Balaban J connectivity index is 1.91. The molecule has 1 aromatic carbocycles. The maximum absolute atomic E-state index is 11.0. The summed E-state index contributed by atoms with van der Waals surface area (Å²) in [7, 11) is 0. The Bertz CT molecular complexity index is 517. The van der Waals surface area contributed by atoms with Crippen LogP contribution in [0.4, 0.5) is 0 Å². The number of rotatable bonds is 6. The number of fused-ring (bicyclic) bond motifs is 1. The fourth-order valence-corrected chi connectivity index (χ4v) is 1.93. The van der Waals surface area contributed by atoms with E-state index in [1.807, 2.05) is 18.2 Å². The molecule has 1 atom stereocenters. The summed E-state index contributed by atoms with van der Waals surface area (Å²) in [6.07, 6.45) is 0. The smallest absolute Gasteiger partial charge is 0.327 e. The third-order valence-corrected chi connectivity index (χ3v) is 2.82. The van der Waals surface area contributed by atoms with Gasteiger partial charge in [-0.1, -0.05) is 12.1 Å². The number of benzene rings is 1. The number of ether oxygens (including phenoxy) is 2. The average Bonchev–Trinajstić information content (AvgIpc) is 2.86. The van der Waals surface area contributed by atoms with Gasteiger partial charge in [-0.2, -0.15) is 0 Å². The third-order valence-electron chi connectivity index (χ3n) is 2.82. The zero-order valence-corrected chi connectivity index (χ0v) is 11.0. The first-order valence-corrected chi connectivity index (χ1v) is 6.16. The maximum Gasteiger partial charge on any atom is 0.327 e. The minimum atomic E-state index is -1.08. The van der Waals surface area contributed by atoms with Crippen LogP contribution in [-0.4, -0.2) is 36.4 Å². The van der Waals surface area contributed by atoms with Gasteiger partial charge in [0.05, 0.1) is 0 Å². The van der Waals surface area contributed by atoms with Gasteiger partial charge in [-0.3, -0.25) is 4.79 Å². The second-order valence-corrected chi connectivity index (χ2v) is 4.37. The molecule has 0 saturated heterocycles. The molecule has 1 aromatic rings. The second kappa shape index (κ2) is 6.25. The zero-order chi connectivity index (χ0) is 14.5. The lowest BCUT2D eigenvalue weighted by Crippen LogP contribution is -2.46. The number of aliphatic carboxylic acids is 1. The lowest BCUT2D eigenvalue weighted by Gasteiger charge is -2.14. The molecule has 1 aliphatic rings. The lowest BCUT2D eigenvalue weighted by molar-refractivity contribution is -0.141. The maximum atomic E-state index is 11.0. The highest BCUT2D eigenvalue weighted by Crippen LogP contribution is 2.35. The Morgan fingerprint density at radius 3 is 2.90 bits per heavy atom. The molecule has 0 radical (unpaired) electrons. The molecule has 1 heterocycles. The molecule has 0 saturated carbocycles. The minimum Gasteiger partial charge on any atom is -0.480 e. The molecule has 108 valence electrons. The van der Waals surface area contributed by atoms with Crippen molar-refractivity contribution >= 4 is 11.9 Å². The quantitative estimate of drug-likeness (QED) is 0.683. The number of hydrogen-bond donors (Lipinski definition) is 3. The van der Waals surface area contributed by atoms with E-state index in [9.17, 15) is 9.59 Å². The van der Waals surface area contributed by atoms with Gasteiger partial charge in [-0.15, -0.1) is 0 Å². The molecule has 1 aliphatic heterocycles. The summed E-state index contributed by atoms with van der Waals surface area (Å²) in [6.45, 7) is 2.02. The van der Waals surface area contributed by atoms with Crippen molar-refractivity contribution in [1.82, 2.24) is 10.6 Å². The van der Waals surface area contributed by atoms with Crippen LogP contribution in [0.5, 0.6) is 11.5 Å². The zero-order valence-electron chi connectivity index (χ0n) is 11.0. The van der Waals surface area contributed by atoms with Crippen LogP contribution in [0, 0.1) is 0 Å². The number of para-hydroxylation sites is 1. The van der Waals surface area contributed by atoms with Crippen LogP contribution in [-0.2, 0) is 16.1 Å². The molecule has 0 aromatic heterocycles. The van der Waals surface area contributed by atoms with Crippen LogP contribution in [0.15, 0.2) is 18.2 Å². The van der Waals surface area contributed by atoms with E-state index >= 15 is 0 Å². The summed E-state index contributed by atoms with van der Waals surface area (Å²) in [5.41, 5.74) is 0.881. The molecule has 7 nitrogen and oxygen atoms in total. The van der Waals surface area contributed by atoms with Crippen LogP contribution in [0.1, 0.15) is 12.5 Å². The predicted octanol–water partition coefficient (Wildman–Crippen LogP) is 0.0942. The van der Waals surface area contributed by atoms with E-state index in [0.717, 1.165) is 5.56 Å². The number of hydrogen-bond acceptors (Lipinski definition) is 5. The summed E-state index contributed by atoms with van der Waals surface area (Å²) in [5.74, 6) is -0.102. The van der Waals surface area contributed by atoms with Crippen molar-refractivity contribution in [2.24, 2.45) is 0 Å². The summed E-state index contributed by atoms with van der Waals surface area (Å²) >= 11 is 0. The van der Waals surface area contributed by atoms with E-state index in [-0.39, 0.29) is 19.2 Å². The molecule has 7 heteroatoms. The van der Waals surface area contributed by atoms with Crippen molar-refractivity contribution in [3.05, 3.63) is 23.8 Å². The standard InChI is InChI=1S/C13H16N2O5/c1-8(16)15-10(13(17)18)6-14-5-9-3-2-4-11-12(9)20-7-19-11/h2-4,10,14H,5-7H2,1H3,(H,15,16)(H,17,18). The van der Waals surface area contributed by atoms with E-state index in [1.54, 1.807) is 0 Å². The Labute approximate surface area is 115 Å². The van der Waals surface area contributed by atoms with Crippen molar-refractivity contribution < 1.29 is 24.2 Å². The fraction of sp³-hybridized carbons (Fsp3) is 0.385. The molecule has 0 fully saturated rings. The number of carboxylic acids is 1. The molecule has 0 aliphatic carbocycles. The summed E-state index contributed by atoms with van der Waals surface area (Å²) < 4.78 is 10.6. The van der Waals surface area contributed by atoms with Crippen LogP contribution in [0.25, 0.3) is 0 Å². The first kappa shape index (κ1) is 14.1. The highest BCUT2D eigenvalue weighted by molar-refractivity contribution is 5.82.